The van der Waals surface area contributed by atoms with Gasteiger partial charge in [0.1, 0.15) is 11.3 Å². The van der Waals surface area contributed by atoms with Crippen LogP contribution in [0, 0.1) is 0 Å². The zero-order valence-corrected chi connectivity index (χ0v) is 13.4. The van der Waals surface area contributed by atoms with E-state index in [9.17, 15) is 5.11 Å². The van der Waals surface area contributed by atoms with Crippen LogP contribution in [0.3, 0.4) is 0 Å². The van der Waals surface area contributed by atoms with Crippen molar-refractivity contribution < 1.29 is 5.11 Å². The van der Waals surface area contributed by atoms with Gasteiger partial charge in [0.25, 0.3) is 0 Å². The second kappa shape index (κ2) is 5.76. The lowest BCUT2D eigenvalue weighted by Crippen LogP contribution is -2.11. The third-order valence-electron chi connectivity index (χ3n) is 3.25. The molecule has 5 nitrogen and oxygen atoms in total. The fourth-order valence-electron chi connectivity index (χ4n) is 2.25. The molecule has 1 unspecified atom stereocenters. The average molecular weight is 317 g/mol. The normalized spacial score (nSPS) is 13.2. The molecule has 0 radical (unpaired) electrons. The zero-order valence-electron chi connectivity index (χ0n) is 11.9. The number of hydrogen-bond donors (Lipinski definition) is 1. The minimum absolute atomic E-state index is 0.148. The lowest BCUT2D eigenvalue weighted by atomic mass is 10.0. The maximum absolute atomic E-state index is 10.7. The first-order chi connectivity index (χ1) is 9.38. The second-order valence-corrected chi connectivity index (χ2v) is 5.73. The predicted molar refractivity (Wildman–Crippen MR) is 79.3 cm³/mol. The Kier molecular flexibility index (Phi) is 4.42. The van der Waals surface area contributed by atoms with Gasteiger partial charge in [-0.15, -0.1) is 0 Å². The van der Waals surface area contributed by atoms with Crippen molar-refractivity contribution in [2.24, 2.45) is 7.05 Å². The number of aromatic nitrogens is 4. The first kappa shape index (κ1) is 15.4. The molecule has 2 aromatic rings. The van der Waals surface area contributed by atoms with Crippen LogP contribution in [0.4, 0.5) is 0 Å². The molecular formula is C13H18Cl2N4O. The number of aliphatic hydroxyl groups is 1. The molecule has 0 saturated heterocycles. The smallest absolute Gasteiger partial charge is 0.133 e. The van der Waals surface area contributed by atoms with E-state index in [1.54, 1.807) is 16.4 Å². The van der Waals surface area contributed by atoms with E-state index in [1.807, 2.05) is 20.8 Å². The van der Waals surface area contributed by atoms with Gasteiger partial charge in [0, 0.05) is 19.2 Å². The molecule has 2 aromatic heterocycles. The molecule has 110 valence electrons. The van der Waals surface area contributed by atoms with Crippen LogP contribution in [0.15, 0.2) is 6.20 Å². The van der Waals surface area contributed by atoms with Gasteiger partial charge < -0.3 is 5.11 Å². The fourth-order valence-corrected chi connectivity index (χ4v) is 2.73. The summed E-state index contributed by atoms with van der Waals surface area (Å²) in [4.78, 5) is 0. The van der Waals surface area contributed by atoms with Gasteiger partial charge >= 0.3 is 0 Å². The molecule has 0 amide bonds. The molecule has 0 aliphatic carbocycles. The molecule has 1 atom stereocenters. The Balaban J connectivity index is 2.58. The first-order valence-corrected chi connectivity index (χ1v) is 7.25. The van der Waals surface area contributed by atoms with Crippen LogP contribution in [-0.4, -0.2) is 24.7 Å². The summed E-state index contributed by atoms with van der Waals surface area (Å²) in [5.41, 5.74) is 1.91. The van der Waals surface area contributed by atoms with E-state index < -0.39 is 6.10 Å². The minimum Gasteiger partial charge on any atom is -0.382 e. The molecule has 20 heavy (non-hydrogen) atoms. The number of aryl methyl sites for hydroxylation is 2. The number of halogens is 2. The molecule has 0 spiro atoms. The van der Waals surface area contributed by atoms with Crippen LogP contribution in [-0.2, 0) is 13.6 Å². The zero-order chi connectivity index (χ0) is 15.0. The summed E-state index contributed by atoms with van der Waals surface area (Å²) in [5, 5.41) is 20.1. The van der Waals surface area contributed by atoms with Gasteiger partial charge in [0.2, 0.25) is 0 Å². The SMILES string of the molecule is CCn1ncc(Cl)c1C(O)c1c(C(C)C)nn(C)c1Cl. The minimum atomic E-state index is -0.941. The van der Waals surface area contributed by atoms with Crippen molar-refractivity contribution in [1.29, 1.82) is 0 Å². The van der Waals surface area contributed by atoms with Crippen LogP contribution in [0.1, 0.15) is 49.7 Å². The van der Waals surface area contributed by atoms with Crippen LogP contribution in [0.5, 0.6) is 0 Å². The van der Waals surface area contributed by atoms with Gasteiger partial charge in [-0.25, -0.2) is 0 Å². The van der Waals surface area contributed by atoms with Crippen molar-refractivity contribution in [2.45, 2.75) is 39.3 Å². The number of hydrogen-bond acceptors (Lipinski definition) is 3. The van der Waals surface area contributed by atoms with E-state index in [0.717, 1.165) is 5.69 Å². The molecule has 0 aromatic carbocycles. The van der Waals surface area contributed by atoms with E-state index in [-0.39, 0.29) is 5.92 Å². The molecule has 0 saturated carbocycles. The third kappa shape index (κ3) is 2.45. The summed E-state index contributed by atoms with van der Waals surface area (Å²) >= 11 is 12.4. The lowest BCUT2D eigenvalue weighted by Gasteiger charge is -2.15. The Labute approximate surface area is 128 Å². The Morgan fingerprint density at radius 3 is 2.55 bits per heavy atom. The van der Waals surface area contributed by atoms with Crippen LogP contribution < -0.4 is 0 Å². The van der Waals surface area contributed by atoms with Crippen molar-refractivity contribution in [1.82, 2.24) is 19.6 Å². The van der Waals surface area contributed by atoms with E-state index in [0.29, 0.717) is 28.0 Å². The Bertz CT molecular complexity index is 618. The van der Waals surface area contributed by atoms with Gasteiger partial charge in [-0.3, -0.25) is 9.36 Å². The molecule has 0 bridgehead atoms. The van der Waals surface area contributed by atoms with Gasteiger partial charge in [0.05, 0.1) is 22.6 Å². The van der Waals surface area contributed by atoms with Crippen molar-refractivity contribution in [2.75, 3.05) is 0 Å². The van der Waals surface area contributed by atoms with Crippen molar-refractivity contribution in [3.63, 3.8) is 0 Å². The Morgan fingerprint density at radius 1 is 1.35 bits per heavy atom. The van der Waals surface area contributed by atoms with Crippen LogP contribution in [0.2, 0.25) is 10.2 Å². The molecule has 1 N–H and O–H groups in total. The lowest BCUT2D eigenvalue weighted by molar-refractivity contribution is 0.206. The van der Waals surface area contributed by atoms with Gasteiger partial charge in [-0.1, -0.05) is 37.0 Å². The number of nitrogens with zero attached hydrogens (tertiary/aromatic N) is 4. The molecule has 0 aliphatic rings. The van der Waals surface area contributed by atoms with Crippen molar-refractivity contribution in [3.05, 3.63) is 33.3 Å². The van der Waals surface area contributed by atoms with Gasteiger partial charge in [0.15, 0.2) is 0 Å². The highest BCUT2D eigenvalue weighted by atomic mass is 35.5. The number of aliphatic hydroxyl groups excluding tert-OH is 1. The maximum atomic E-state index is 10.7. The molecule has 2 rings (SSSR count). The molecular weight excluding hydrogens is 299 g/mol. The van der Waals surface area contributed by atoms with Crippen LogP contribution in [0.25, 0.3) is 0 Å². The Hall–Kier alpha value is -1.04. The second-order valence-electron chi connectivity index (χ2n) is 4.96. The first-order valence-electron chi connectivity index (χ1n) is 6.50. The van der Waals surface area contributed by atoms with Crippen LogP contribution >= 0.6 is 23.2 Å². The summed E-state index contributed by atoms with van der Waals surface area (Å²) in [5.74, 6) is 0.148. The average Bonchev–Trinajstić information content (AvgIpc) is 2.90. The molecule has 0 fully saturated rings. The largest absolute Gasteiger partial charge is 0.382 e. The van der Waals surface area contributed by atoms with Gasteiger partial charge in [-0.05, 0) is 12.8 Å². The van der Waals surface area contributed by atoms with E-state index in [2.05, 4.69) is 10.2 Å². The van der Waals surface area contributed by atoms with E-state index in [1.165, 1.54) is 6.20 Å². The predicted octanol–water partition coefficient (Wildman–Crippen LogP) is 3.15. The summed E-state index contributed by atoms with van der Waals surface area (Å²) < 4.78 is 3.23. The molecule has 2 heterocycles. The summed E-state index contributed by atoms with van der Waals surface area (Å²) in [6.07, 6.45) is 0.590. The third-order valence-corrected chi connectivity index (χ3v) is 3.99. The van der Waals surface area contributed by atoms with E-state index >= 15 is 0 Å². The summed E-state index contributed by atoms with van der Waals surface area (Å²) in [6.45, 7) is 6.57. The highest BCUT2D eigenvalue weighted by Gasteiger charge is 2.28. The van der Waals surface area contributed by atoms with Gasteiger partial charge in [-0.2, -0.15) is 10.2 Å². The highest BCUT2D eigenvalue weighted by molar-refractivity contribution is 6.31. The summed E-state index contributed by atoms with van der Waals surface area (Å²) in [7, 11) is 1.75. The fraction of sp³-hybridized carbons (Fsp3) is 0.538. The van der Waals surface area contributed by atoms with E-state index in [4.69, 9.17) is 23.2 Å². The Morgan fingerprint density at radius 2 is 2.00 bits per heavy atom. The van der Waals surface area contributed by atoms with Crippen molar-refractivity contribution in [3.8, 4) is 0 Å². The summed E-state index contributed by atoms with van der Waals surface area (Å²) in [6, 6.07) is 0. The standard InChI is InChI=1S/C13H18Cl2N4O/c1-5-19-11(8(14)6-16-19)12(20)9-10(7(2)3)17-18(4)13(9)15/h6-7,12,20H,5H2,1-4H3. The maximum Gasteiger partial charge on any atom is 0.133 e. The quantitative estimate of drug-likeness (QED) is 0.942. The highest BCUT2D eigenvalue weighted by Crippen LogP contribution is 2.36. The molecule has 7 heteroatoms. The monoisotopic (exact) mass is 316 g/mol. The topological polar surface area (TPSA) is 55.9 Å². The van der Waals surface area contributed by atoms with Crippen molar-refractivity contribution >= 4 is 23.2 Å². The molecule has 0 aliphatic heterocycles. The number of rotatable bonds is 4.